The fraction of sp³-hybridized carbons (Fsp3) is 0.200. The largest absolute Gasteiger partial charge is 0.495 e. The summed E-state index contributed by atoms with van der Waals surface area (Å²) in [5, 5.41) is 7.17. The summed E-state index contributed by atoms with van der Waals surface area (Å²) in [5.41, 5.74) is 2.82. The first-order valence-corrected chi connectivity index (χ1v) is 8.83. The number of nitrogens with one attached hydrogen (secondary N) is 2. The third-order valence-electron chi connectivity index (χ3n) is 3.92. The molecule has 0 fully saturated rings. The first kappa shape index (κ1) is 18.8. The van der Waals surface area contributed by atoms with Crippen LogP contribution in [0.5, 0.6) is 5.75 Å². The second-order valence-corrected chi connectivity index (χ2v) is 6.66. The van der Waals surface area contributed by atoms with E-state index in [1.807, 2.05) is 57.4 Å². The van der Waals surface area contributed by atoms with E-state index in [0.29, 0.717) is 28.2 Å². The summed E-state index contributed by atoms with van der Waals surface area (Å²) in [5.74, 6) is 2.68. The van der Waals surface area contributed by atoms with Gasteiger partial charge in [-0.15, -0.1) is 0 Å². The van der Waals surface area contributed by atoms with Gasteiger partial charge in [-0.1, -0.05) is 11.6 Å². The number of hydrogen-bond donors (Lipinski definition) is 2. The number of nitrogens with zero attached hydrogens (tertiary/aromatic N) is 3. The molecule has 0 aliphatic rings. The molecule has 0 radical (unpaired) electrons. The highest BCUT2D eigenvalue weighted by Crippen LogP contribution is 2.30. The molecule has 6 nitrogen and oxygen atoms in total. The minimum Gasteiger partial charge on any atom is -0.495 e. The zero-order valence-corrected chi connectivity index (χ0v) is 16.5. The molecule has 0 spiro atoms. The Hall–Kier alpha value is -2.99. The Balaban J connectivity index is 1.83. The molecular weight excluding hydrogens is 362 g/mol. The molecule has 0 amide bonds. The summed E-state index contributed by atoms with van der Waals surface area (Å²) in [7, 11) is 5.64. The van der Waals surface area contributed by atoms with Crippen LogP contribution in [0.25, 0.3) is 0 Å². The molecule has 140 valence electrons. The van der Waals surface area contributed by atoms with Gasteiger partial charge >= 0.3 is 0 Å². The Bertz CT molecular complexity index is 928. The lowest BCUT2D eigenvalue weighted by Gasteiger charge is -2.14. The average molecular weight is 384 g/mol. The first-order chi connectivity index (χ1) is 12.9. The van der Waals surface area contributed by atoms with Crippen LogP contribution in [0.1, 0.15) is 5.82 Å². The molecule has 0 aliphatic carbocycles. The van der Waals surface area contributed by atoms with Gasteiger partial charge in [-0.2, -0.15) is 0 Å². The fourth-order valence-electron chi connectivity index (χ4n) is 2.60. The molecule has 0 bridgehead atoms. The van der Waals surface area contributed by atoms with Crippen molar-refractivity contribution in [1.82, 2.24) is 9.97 Å². The minimum absolute atomic E-state index is 0.614. The van der Waals surface area contributed by atoms with Crippen LogP contribution in [0, 0.1) is 6.92 Å². The van der Waals surface area contributed by atoms with E-state index in [1.54, 1.807) is 19.2 Å². The lowest BCUT2D eigenvalue weighted by Crippen LogP contribution is -2.08. The number of anilines is 5. The molecule has 27 heavy (non-hydrogen) atoms. The Morgan fingerprint density at radius 2 is 1.59 bits per heavy atom. The highest BCUT2D eigenvalue weighted by atomic mass is 35.5. The number of rotatable bonds is 6. The summed E-state index contributed by atoms with van der Waals surface area (Å²) in [6.07, 6.45) is 0. The lowest BCUT2D eigenvalue weighted by atomic mass is 10.2. The van der Waals surface area contributed by atoms with E-state index in [-0.39, 0.29) is 0 Å². The van der Waals surface area contributed by atoms with Crippen molar-refractivity contribution < 1.29 is 4.74 Å². The van der Waals surface area contributed by atoms with E-state index < -0.39 is 0 Å². The number of methoxy groups -OCH3 is 1. The summed E-state index contributed by atoms with van der Waals surface area (Å²) < 4.78 is 5.37. The van der Waals surface area contributed by atoms with Crippen LogP contribution in [-0.4, -0.2) is 31.2 Å². The van der Waals surface area contributed by atoms with Crippen molar-refractivity contribution >= 4 is 40.3 Å². The van der Waals surface area contributed by atoms with E-state index in [0.717, 1.165) is 17.1 Å². The van der Waals surface area contributed by atoms with E-state index in [2.05, 4.69) is 25.5 Å². The quantitative estimate of drug-likeness (QED) is 0.624. The summed E-state index contributed by atoms with van der Waals surface area (Å²) in [6, 6.07) is 15.3. The van der Waals surface area contributed by atoms with Gasteiger partial charge in [0.05, 0.1) is 12.8 Å². The van der Waals surface area contributed by atoms with Crippen LogP contribution in [0.3, 0.4) is 0 Å². The van der Waals surface area contributed by atoms with Gasteiger partial charge in [-0.25, -0.2) is 9.97 Å². The second kappa shape index (κ2) is 8.14. The van der Waals surface area contributed by atoms with Crippen LogP contribution in [0.4, 0.5) is 28.7 Å². The van der Waals surface area contributed by atoms with E-state index in [4.69, 9.17) is 16.3 Å². The monoisotopic (exact) mass is 383 g/mol. The number of aryl methyl sites for hydroxylation is 1. The molecule has 1 aromatic heterocycles. The molecule has 0 saturated carbocycles. The van der Waals surface area contributed by atoms with E-state index in [1.165, 1.54) is 0 Å². The molecule has 0 aliphatic heterocycles. The Morgan fingerprint density at radius 1 is 0.926 bits per heavy atom. The zero-order valence-electron chi connectivity index (χ0n) is 15.7. The van der Waals surface area contributed by atoms with Gasteiger partial charge in [0, 0.05) is 36.6 Å². The van der Waals surface area contributed by atoms with Crippen LogP contribution in [0.2, 0.25) is 5.02 Å². The van der Waals surface area contributed by atoms with Crippen LogP contribution >= 0.6 is 11.6 Å². The Labute approximate surface area is 164 Å². The molecule has 1 heterocycles. The number of benzene rings is 2. The maximum atomic E-state index is 6.10. The van der Waals surface area contributed by atoms with Crippen LogP contribution in [-0.2, 0) is 0 Å². The minimum atomic E-state index is 0.614. The number of aromatic nitrogens is 2. The van der Waals surface area contributed by atoms with Gasteiger partial charge in [0.1, 0.15) is 23.2 Å². The molecule has 2 aromatic carbocycles. The molecule has 0 unspecified atom stereocenters. The smallest absolute Gasteiger partial charge is 0.142 e. The van der Waals surface area contributed by atoms with Crippen molar-refractivity contribution in [3.8, 4) is 5.75 Å². The van der Waals surface area contributed by atoms with E-state index >= 15 is 0 Å². The van der Waals surface area contributed by atoms with Gasteiger partial charge in [0.15, 0.2) is 0 Å². The van der Waals surface area contributed by atoms with Gasteiger partial charge in [-0.05, 0) is 49.4 Å². The van der Waals surface area contributed by atoms with Crippen LogP contribution < -0.4 is 20.3 Å². The average Bonchev–Trinajstić information content (AvgIpc) is 2.62. The Kier molecular flexibility index (Phi) is 5.66. The summed E-state index contributed by atoms with van der Waals surface area (Å²) in [4.78, 5) is 11.0. The Morgan fingerprint density at radius 3 is 2.22 bits per heavy atom. The van der Waals surface area contributed by atoms with Gasteiger partial charge in [0.2, 0.25) is 0 Å². The third kappa shape index (κ3) is 4.80. The number of hydrogen-bond acceptors (Lipinski definition) is 6. The normalized spacial score (nSPS) is 10.4. The molecule has 7 heteroatoms. The highest BCUT2D eigenvalue weighted by molar-refractivity contribution is 6.31. The lowest BCUT2D eigenvalue weighted by molar-refractivity contribution is 0.417. The predicted octanol–water partition coefficient (Wildman–Crippen LogP) is 5.00. The summed E-state index contributed by atoms with van der Waals surface area (Å²) in [6.45, 7) is 1.85. The fourth-order valence-corrected chi connectivity index (χ4v) is 2.77. The standard InChI is InChI=1S/C20H22ClN5O/c1-13-22-19(24-15-6-8-16(9-7-15)26(2)3)12-20(23-13)25-17-11-14(21)5-10-18(17)27-4/h5-12H,1-4H3,(H2,22,23,24,25). The number of halogens is 1. The molecular formula is C20H22ClN5O. The van der Waals surface area contributed by atoms with Crippen molar-refractivity contribution in [2.75, 3.05) is 36.7 Å². The van der Waals surface area contributed by atoms with Crippen LogP contribution in [0.15, 0.2) is 48.5 Å². The predicted molar refractivity (Wildman–Crippen MR) is 112 cm³/mol. The molecule has 0 atom stereocenters. The number of ether oxygens (including phenoxy) is 1. The summed E-state index contributed by atoms with van der Waals surface area (Å²) >= 11 is 6.10. The van der Waals surface area contributed by atoms with Crippen molar-refractivity contribution in [2.24, 2.45) is 0 Å². The van der Waals surface area contributed by atoms with Crippen molar-refractivity contribution in [3.05, 3.63) is 59.4 Å². The van der Waals surface area contributed by atoms with Crippen molar-refractivity contribution in [3.63, 3.8) is 0 Å². The highest BCUT2D eigenvalue weighted by Gasteiger charge is 2.08. The molecule has 2 N–H and O–H groups in total. The van der Waals surface area contributed by atoms with Crippen molar-refractivity contribution in [1.29, 1.82) is 0 Å². The first-order valence-electron chi connectivity index (χ1n) is 8.45. The molecule has 0 saturated heterocycles. The van der Waals surface area contributed by atoms with Crippen molar-refractivity contribution in [2.45, 2.75) is 6.92 Å². The maximum Gasteiger partial charge on any atom is 0.142 e. The second-order valence-electron chi connectivity index (χ2n) is 6.22. The molecule has 3 aromatic rings. The topological polar surface area (TPSA) is 62.3 Å². The van der Waals surface area contributed by atoms with Gasteiger partial charge in [-0.3, -0.25) is 0 Å². The van der Waals surface area contributed by atoms with E-state index in [9.17, 15) is 0 Å². The molecule has 3 rings (SSSR count). The zero-order chi connectivity index (χ0) is 19.4. The SMILES string of the molecule is COc1ccc(Cl)cc1Nc1cc(Nc2ccc(N(C)C)cc2)nc(C)n1. The van der Waals surface area contributed by atoms with Gasteiger partial charge < -0.3 is 20.3 Å². The third-order valence-corrected chi connectivity index (χ3v) is 4.15. The van der Waals surface area contributed by atoms with Gasteiger partial charge in [0.25, 0.3) is 0 Å². The maximum absolute atomic E-state index is 6.10.